The lowest BCUT2D eigenvalue weighted by Crippen LogP contribution is -2.22. The van der Waals surface area contributed by atoms with Gasteiger partial charge < -0.3 is 11.5 Å². The maximum atomic E-state index is 5.19. The van der Waals surface area contributed by atoms with Crippen molar-refractivity contribution in [1.82, 2.24) is 0 Å². The van der Waals surface area contributed by atoms with Gasteiger partial charge >= 0.3 is 0 Å². The van der Waals surface area contributed by atoms with Crippen molar-refractivity contribution in [3.8, 4) is 0 Å². The van der Waals surface area contributed by atoms with E-state index in [2.05, 4.69) is 29.3 Å². The van der Waals surface area contributed by atoms with Crippen LogP contribution in [0, 0.1) is 0 Å². The van der Waals surface area contributed by atoms with Gasteiger partial charge in [0.05, 0.1) is 5.71 Å². The maximum absolute atomic E-state index is 5.19. The van der Waals surface area contributed by atoms with E-state index in [-0.39, 0.29) is 5.96 Å². The molecule has 0 aliphatic rings. The number of nitrogens with zero attached hydrogens (tertiary/aromatic N) is 2. The van der Waals surface area contributed by atoms with Gasteiger partial charge in [-0.3, -0.25) is 0 Å². The third-order valence-corrected chi connectivity index (χ3v) is 2.10. The minimum atomic E-state index is -0.0282. The fourth-order valence-corrected chi connectivity index (χ4v) is 1.17. The molecule has 1 rings (SSSR count). The van der Waals surface area contributed by atoms with Crippen molar-refractivity contribution < 1.29 is 0 Å². The molecule has 15 heavy (non-hydrogen) atoms. The molecule has 0 aliphatic heterocycles. The van der Waals surface area contributed by atoms with Crippen molar-refractivity contribution in [2.75, 3.05) is 0 Å². The zero-order valence-electron chi connectivity index (χ0n) is 9.07. The molecule has 0 unspecified atom stereocenters. The predicted octanol–water partition coefficient (Wildman–Crippen LogP) is 1.25. The number of hydrogen-bond donors (Lipinski definition) is 2. The van der Waals surface area contributed by atoms with Gasteiger partial charge in [0.25, 0.3) is 0 Å². The summed E-state index contributed by atoms with van der Waals surface area (Å²) in [5, 5.41) is 7.51. The van der Waals surface area contributed by atoms with Crippen molar-refractivity contribution in [2.24, 2.45) is 21.7 Å². The fraction of sp³-hybridized carbons (Fsp3) is 0.273. The molecule has 0 aromatic heterocycles. The van der Waals surface area contributed by atoms with Crippen LogP contribution in [-0.2, 0) is 6.42 Å². The molecule has 0 radical (unpaired) electrons. The quantitative estimate of drug-likeness (QED) is 0.441. The summed E-state index contributed by atoms with van der Waals surface area (Å²) in [4.78, 5) is 0. The lowest BCUT2D eigenvalue weighted by molar-refractivity contribution is 1.14. The molecule has 1 aromatic carbocycles. The van der Waals surface area contributed by atoms with Crippen LogP contribution in [-0.4, -0.2) is 11.7 Å². The summed E-state index contributed by atoms with van der Waals surface area (Å²) in [6, 6.07) is 8.17. The molecular formula is C11H16N4. The van der Waals surface area contributed by atoms with Crippen molar-refractivity contribution in [3.63, 3.8) is 0 Å². The first kappa shape index (κ1) is 11.2. The van der Waals surface area contributed by atoms with E-state index in [1.807, 2.05) is 19.1 Å². The highest BCUT2D eigenvalue weighted by atomic mass is 15.3. The van der Waals surface area contributed by atoms with Crippen molar-refractivity contribution in [2.45, 2.75) is 20.3 Å². The van der Waals surface area contributed by atoms with Crippen LogP contribution in [0.2, 0.25) is 0 Å². The van der Waals surface area contributed by atoms with E-state index in [0.29, 0.717) is 0 Å². The van der Waals surface area contributed by atoms with Gasteiger partial charge in [0.15, 0.2) is 0 Å². The lowest BCUT2D eigenvalue weighted by atomic mass is 10.1. The van der Waals surface area contributed by atoms with Crippen LogP contribution >= 0.6 is 0 Å². The van der Waals surface area contributed by atoms with Crippen molar-refractivity contribution in [3.05, 3.63) is 35.4 Å². The third kappa shape index (κ3) is 3.42. The summed E-state index contributed by atoms with van der Waals surface area (Å²) >= 11 is 0. The van der Waals surface area contributed by atoms with Gasteiger partial charge in [-0.15, -0.1) is 5.10 Å². The van der Waals surface area contributed by atoms with Crippen LogP contribution in [0.25, 0.3) is 0 Å². The molecule has 0 saturated carbocycles. The Balaban J connectivity index is 2.87. The van der Waals surface area contributed by atoms with E-state index in [1.165, 1.54) is 5.56 Å². The molecule has 80 valence electrons. The molecular weight excluding hydrogens is 188 g/mol. The van der Waals surface area contributed by atoms with E-state index in [9.17, 15) is 0 Å². The number of benzene rings is 1. The van der Waals surface area contributed by atoms with Crippen molar-refractivity contribution in [1.29, 1.82) is 0 Å². The maximum Gasteiger partial charge on any atom is 0.211 e. The Labute approximate surface area is 89.7 Å². The van der Waals surface area contributed by atoms with Gasteiger partial charge in [0.1, 0.15) is 0 Å². The number of guanidine groups is 1. The van der Waals surface area contributed by atoms with Crippen molar-refractivity contribution >= 4 is 11.7 Å². The van der Waals surface area contributed by atoms with Gasteiger partial charge in [0, 0.05) is 0 Å². The monoisotopic (exact) mass is 204 g/mol. The summed E-state index contributed by atoms with van der Waals surface area (Å²) in [5.41, 5.74) is 13.5. The summed E-state index contributed by atoms with van der Waals surface area (Å²) in [6.45, 7) is 3.99. The minimum Gasteiger partial charge on any atom is -0.369 e. The number of aryl methyl sites for hydroxylation is 1. The number of rotatable bonds is 3. The summed E-state index contributed by atoms with van der Waals surface area (Å²) in [5.74, 6) is -0.0282. The molecule has 0 aliphatic carbocycles. The van der Waals surface area contributed by atoms with Crippen LogP contribution in [0.15, 0.2) is 34.5 Å². The molecule has 4 N–H and O–H groups in total. The third-order valence-electron chi connectivity index (χ3n) is 2.10. The van der Waals surface area contributed by atoms with Gasteiger partial charge in [0.2, 0.25) is 5.96 Å². The smallest absolute Gasteiger partial charge is 0.211 e. The molecule has 0 saturated heterocycles. The molecule has 4 heteroatoms. The van der Waals surface area contributed by atoms with Crippen LogP contribution in [0.3, 0.4) is 0 Å². The first-order valence-electron chi connectivity index (χ1n) is 4.86. The highest BCUT2D eigenvalue weighted by Crippen LogP contribution is 2.06. The zero-order chi connectivity index (χ0) is 11.3. The second-order valence-corrected chi connectivity index (χ2v) is 3.26. The van der Waals surface area contributed by atoms with Crippen LogP contribution < -0.4 is 11.5 Å². The Bertz CT molecular complexity index is 372. The molecule has 1 aromatic rings. The molecule has 4 nitrogen and oxygen atoms in total. The second kappa shape index (κ2) is 5.14. The van der Waals surface area contributed by atoms with Gasteiger partial charge in [-0.25, -0.2) is 0 Å². The Kier molecular flexibility index (Phi) is 3.85. The van der Waals surface area contributed by atoms with Crippen LogP contribution in [0.4, 0.5) is 0 Å². The van der Waals surface area contributed by atoms with Gasteiger partial charge in [-0.1, -0.05) is 31.2 Å². The largest absolute Gasteiger partial charge is 0.369 e. The molecule has 0 atom stereocenters. The van der Waals surface area contributed by atoms with Gasteiger partial charge in [-0.2, -0.15) is 5.10 Å². The highest BCUT2D eigenvalue weighted by Gasteiger charge is 1.96. The van der Waals surface area contributed by atoms with E-state index in [1.54, 1.807) is 0 Å². The first-order chi connectivity index (χ1) is 7.13. The topological polar surface area (TPSA) is 76.8 Å². The molecule has 0 fully saturated rings. The molecule has 0 heterocycles. The number of hydrogen-bond acceptors (Lipinski definition) is 2. The molecule has 0 amide bonds. The normalized spacial score (nSPS) is 11.2. The van der Waals surface area contributed by atoms with E-state index in [4.69, 9.17) is 11.5 Å². The minimum absolute atomic E-state index is 0.0282. The Morgan fingerprint density at radius 3 is 2.20 bits per heavy atom. The summed E-state index contributed by atoms with van der Waals surface area (Å²) < 4.78 is 0. The molecule has 0 spiro atoms. The average Bonchev–Trinajstić information content (AvgIpc) is 2.26. The predicted molar refractivity (Wildman–Crippen MR) is 63.8 cm³/mol. The second-order valence-electron chi connectivity index (χ2n) is 3.26. The van der Waals surface area contributed by atoms with E-state index >= 15 is 0 Å². The summed E-state index contributed by atoms with van der Waals surface area (Å²) in [6.07, 6.45) is 1.03. The van der Waals surface area contributed by atoms with E-state index in [0.717, 1.165) is 17.7 Å². The van der Waals surface area contributed by atoms with Crippen LogP contribution in [0.1, 0.15) is 25.0 Å². The zero-order valence-corrected chi connectivity index (χ0v) is 9.07. The molecule has 0 bridgehead atoms. The Morgan fingerprint density at radius 2 is 1.73 bits per heavy atom. The first-order valence-corrected chi connectivity index (χ1v) is 4.86. The average molecular weight is 204 g/mol. The summed E-state index contributed by atoms with van der Waals surface area (Å²) in [7, 11) is 0. The SMILES string of the molecule is CCc1ccc(/C(C)=N\N=C(N)N)cc1. The lowest BCUT2D eigenvalue weighted by Gasteiger charge is -2.00. The van der Waals surface area contributed by atoms with Crippen LogP contribution in [0.5, 0.6) is 0 Å². The highest BCUT2D eigenvalue weighted by molar-refractivity contribution is 5.98. The van der Waals surface area contributed by atoms with E-state index < -0.39 is 0 Å². The standard InChI is InChI=1S/C11H16N4/c1-3-9-4-6-10(7-5-9)8(2)14-15-11(12)13/h4-7H,3H2,1-2H3,(H4,12,13,15)/b14-8-. The number of nitrogens with two attached hydrogens (primary N) is 2. The Hall–Kier alpha value is -1.84. The van der Waals surface area contributed by atoms with Gasteiger partial charge in [-0.05, 0) is 24.5 Å². The Morgan fingerprint density at radius 1 is 1.13 bits per heavy atom. The fourth-order valence-electron chi connectivity index (χ4n) is 1.17.